The van der Waals surface area contributed by atoms with E-state index in [9.17, 15) is 4.79 Å². The third kappa shape index (κ3) is 2.31. The number of hydrogen-bond donors (Lipinski definition) is 0. The van der Waals surface area contributed by atoms with Crippen LogP contribution in [0.2, 0.25) is 0 Å². The zero-order chi connectivity index (χ0) is 12.3. The number of aldehydes is 1. The summed E-state index contributed by atoms with van der Waals surface area (Å²) in [6.07, 6.45) is 4.38. The zero-order valence-corrected chi connectivity index (χ0v) is 10.0. The number of rotatable bonds is 2. The third-order valence-electron chi connectivity index (χ3n) is 3.39. The first-order chi connectivity index (χ1) is 8.26. The van der Waals surface area contributed by atoms with E-state index in [1.807, 2.05) is 6.07 Å². The Morgan fingerprint density at radius 2 is 2.29 bits per heavy atom. The monoisotopic (exact) mass is 228 g/mol. The zero-order valence-electron chi connectivity index (χ0n) is 10.0. The van der Waals surface area contributed by atoms with Crippen LogP contribution in [0.4, 0.5) is 5.69 Å². The molecule has 1 fully saturated rings. The fourth-order valence-electron chi connectivity index (χ4n) is 2.42. The molecule has 1 aromatic carbocycles. The second kappa shape index (κ2) is 5.01. The van der Waals surface area contributed by atoms with Crippen molar-refractivity contribution in [2.24, 2.45) is 0 Å². The van der Waals surface area contributed by atoms with Gasteiger partial charge in [-0.1, -0.05) is 0 Å². The Bertz CT molecular complexity index is 462. The van der Waals surface area contributed by atoms with Gasteiger partial charge in [-0.2, -0.15) is 5.26 Å². The first-order valence-corrected chi connectivity index (χ1v) is 6.02. The molecular formula is C14H16N2O. The largest absolute Gasteiger partial charge is 0.368 e. The average Bonchev–Trinajstić information content (AvgIpc) is 2.38. The molecule has 2 rings (SSSR count). The van der Waals surface area contributed by atoms with Crippen molar-refractivity contribution >= 4 is 12.0 Å². The molecule has 1 heterocycles. The van der Waals surface area contributed by atoms with Gasteiger partial charge in [-0.05, 0) is 44.4 Å². The van der Waals surface area contributed by atoms with E-state index in [0.717, 1.165) is 18.5 Å². The molecule has 1 aliphatic heterocycles. The highest BCUT2D eigenvalue weighted by Crippen LogP contribution is 2.27. The van der Waals surface area contributed by atoms with Crippen LogP contribution in [0.3, 0.4) is 0 Å². The van der Waals surface area contributed by atoms with E-state index in [4.69, 9.17) is 5.26 Å². The van der Waals surface area contributed by atoms with Gasteiger partial charge in [0, 0.05) is 18.2 Å². The lowest BCUT2D eigenvalue weighted by atomic mass is 10.0. The minimum absolute atomic E-state index is 0.470. The smallest absolute Gasteiger partial charge is 0.150 e. The second-order valence-corrected chi connectivity index (χ2v) is 4.54. The number of anilines is 1. The number of piperidine rings is 1. The number of carbonyl (C=O) groups excluding carboxylic acids is 1. The van der Waals surface area contributed by atoms with E-state index in [2.05, 4.69) is 17.9 Å². The predicted molar refractivity (Wildman–Crippen MR) is 67.2 cm³/mol. The van der Waals surface area contributed by atoms with Crippen molar-refractivity contribution in [3.8, 4) is 6.07 Å². The molecule has 1 atom stereocenters. The summed E-state index contributed by atoms with van der Waals surface area (Å²) < 4.78 is 0. The van der Waals surface area contributed by atoms with Gasteiger partial charge < -0.3 is 4.90 Å². The van der Waals surface area contributed by atoms with E-state index < -0.39 is 0 Å². The van der Waals surface area contributed by atoms with E-state index >= 15 is 0 Å². The molecule has 1 aromatic rings. The molecule has 3 heteroatoms. The molecule has 0 aromatic heterocycles. The quantitative estimate of drug-likeness (QED) is 0.731. The number of nitriles is 1. The summed E-state index contributed by atoms with van der Waals surface area (Å²) in [5, 5.41) is 9.16. The molecule has 1 saturated heterocycles. The molecule has 1 aliphatic rings. The predicted octanol–water partition coefficient (Wildman–Crippen LogP) is 2.75. The minimum Gasteiger partial charge on any atom is -0.368 e. The van der Waals surface area contributed by atoms with E-state index in [1.54, 1.807) is 12.1 Å². The topological polar surface area (TPSA) is 44.1 Å². The Kier molecular flexibility index (Phi) is 3.43. The van der Waals surface area contributed by atoms with Crippen LogP contribution >= 0.6 is 0 Å². The normalized spacial score (nSPS) is 19.8. The molecule has 0 radical (unpaired) electrons. The van der Waals surface area contributed by atoms with Crippen LogP contribution < -0.4 is 4.90 Å². The minimum atomic E-state index is 0.470. The molecule has 0 saturated carbocycles. The molecule has 0 bridgehead atoms. The molecule has 0 spiro atoms. The lowest BCUT2D eigenvalue weighted by Gasteiger charge is -2.36. The fourth-order valence-corrected chi connectivity index (χ4v) is 2.42. The lowest BCUT2D eigenvalue weighted by Crippen LogP contribution is -2.37. The van der Waals surface area contributed by atoms with Crippen LogP contribution in [0.15, 0.2) is 18.2 Å². The third-order valence-corrected chi connectivity index (χ3v) is 3.39. The van der Waals surface area contributed by atoms with Crippen LogP contribution in [0.25, 0.3) is 0 Å². The van der Waals surface area contributed by atoms with Crippen molar-refractivity contribution in [1.29, 1.82) is 5.26 Å². The van der Waals surface area contributed by atoms with Gasteiger partial charge in [0.05, 0.1) is 11.3 Å². The molecule has 0 N–H and O–H groups in total. The maximum absolute atomic E-state index is 10.7. The van der Waals surface area contributed by atoms with Crippen LogP contribution in [0.5, 0.6) is 0 Å². The van der Waals surface area contributed by atoms with Gasteiger partial charge in [0.15, 0.2) is 0 Å². The van der Waals surface area contributed by atoms with E-state index in [-0.39, 0.29) is 0 Å². The first kappa shape index (κ1) is 11.7. The summed E-state index contributed by atoms with van der Waals surface area (Å²) in [4.78, 5) is 13.0. The summed E-state index contributed by atoms with van der Waals surface area (Å²) in [5.74, 6) is 0. The highest BCUT2D eigenvalue weighted by molar-refractivity contribution is 5.78. The Labute approximate surface area is 102 Å². The van der Waals surface area contributed by atoms with Crippen molar-refractivity contribution in [2.75, 3.05) is 11.4 Å². The van der Waals surface area contributed by atoms with Crippen molar-refractivity contribution in [3.05, 3.63) is 29.3 Å². The molecule has 0 aliphatic carbocycles. The highest BCUT2D eigenvalue weighted by atomic mass is 16.1. The van der Waals surface area contributed by atoms with Gasteiger partial charge >= 0.3 is 0 Å². The van der Waals surface area contributed by atoms with Gasteiger partial charge in [0.2, 0.25) is 0 Å². The van der Waals surface area contributed by atoms with Crippen molar-refractivity contribution in [3.63, 3.8) is 0 Å². The van der Waals surface area contributed by atoms with E-state index in [1.165, 1.54) is 19.3 Å². The SMILES string of the molecule is CC1CCCCN1c1ccc(C=O)cc1C#N. The maximum Gasteiger partial charge on any atom is 0.150 e. The number of carbonyl (C=O) groups is 1. The molecular weight excluding hydrogens is 212 g/mol. The molecule has 3 nitrogen and oxygen atoms in total. The van der Waals surface area contributed by atoms with Crippen LogP contribution in [-0.4, -0.2) is 18.9 Å². The molecule has 1 unspecified atom stereocenters. The average molecular weight is 228 g/mol. The van der Waals surface area contributed by atoms with Gasteiger partial charge in [0.25, 0.3) is 0 Å². The Balaban J connectivity index is 2.37. The molecule has 17 heavy (non-hydrogen) atoms. The second-order valence-electron chi connectivity index (χ2n) is 4.54. The number of hydrogen-bond acceptors (Lipinski definition) is 3. The van der Waals surface area contributed by atoms with Gasteiger partial charge in [0.1, 0.15) is 12.4 Å². The standard InChI is InChI=1S/C14H16N2O/c1-11-4-2-3-7-16(11)14-6-5-12(10-17)8-13(14)9-15/h5-6,8,10-11H,2-4,7H2,1H3. The molecule has 88 valence electrons. The van der Waals surface area contributed by atoms with Crippen molar-refractivity contribution in [1.82, 2.24) is 0 Å². The van der Waals surface area contributed by atoms with Crippen LogP contribution in [-0.2, 0) is 0 Å². The summed E-state index contributed by atoms with van der Waals surface area (Å²) in [7, 11) is 0. The summed E-state index contributed by atoms with van der Waals surface area (Å²) in [6, 6.07) is 8.00. The Morgan fingerprint density at radius 3 is 2.94 bits per heavy atom. The van der Waals surface area contributed by atoms with Crippen molar-refractivity contribution < 1.29 is 4.79 Å². The van der Waals surface area contributed by atoms with Gasteiger partial charge in [-0.15, -0.1) is 0 Å². The number of benzene rings is 1. The Morgan fingerprint density at radius 1 is 1.47 bits per heavy atom. The fraction of sp³-hybridized carbons (Fsp3) is 0.429. The van der Waals surface area contributed by atoms with Gasteiger partial charge in [-0.25, -0.2) is 0 Å². The van der Waals surface area contributed by atoms with E-state index in [0.29, 0.717) is 17.2 Å². The summed E-state index contributed by atoms with van der Waals surface area (Å²) in [5.41, 5.74) is 2.13. The number of nitrogens with zero attached hydrogens (tertiary/aromatic N) is 2. The summed E-state index contributed by atoms with van der Waals surface area (Å²) >= 11 is 0. The van der Waals surface area contributed by atoms with Gasteiger partial charge in [-0.3, -0.25) is 4.79 Å². The van der Waals surface area contributed by atoms with Crippen molar-refractivity contribution in [2.45, 2.75) is 32.2 Å². The highest BCUT2D eigenvalue weighted by Gasteiger charge is 2.20. The first-order valence-electron chi connectivity index (χ1n) is 6.02. The van der Waals surface area contributed by atoms with Crippen LogP contribution in [0.1, 0.15) is 42.1 Å². The molecule has 0 amide bonds. The Hall–Kier alpha value is -1.82. The lowest BCUT2D eigenvalue weighted by molar-refractivity contribution is 0.112. The maximum atomic E-state index is 10.7. The summed E-state index contributed by atoms with van der Waals surface area (Å²) in [6.45, 7) is 3.18. The van der Waals surface area contributed by atoms with Crippen LogP contribution in [0, 0.1) is 11.3 Å².